The lowest BCUT2D eigenvalue weighted by Gasteiger charge is -2.23. The molecule has 1 amide bonds. The Kier molecular flexibility index (Phi) is 4.84. The zero-order valence-electron chi connectivity index (χ0n) is 17.0. The number of para-hydroxylation sites is 1. The normalized spacial score (nSPS) is 11.1. The Morgan fingerprint density at radius 3 is 2.58 bits per heavy atom. The number of nitrogens with zero attached hydrogens (tertiary/aromatic N) is 6. The molecule has 0 radical (unpaired) electrons. The maximum absolute atomic E-state index is 13.4. The number of rotatable bonds is 5. The van der Waals surface area contributed by atoms with Crippen molar-refractivity contribution in [3.8, 4) is 0 Å². The summed E-state index contributed by atoms with van der Waals surface area (Å²) in [5.41, 5.74) is 5.26. The average molecular weight is 408 g/mol. The Balaban J connectivity index is 1.59. The molecule has 7 heteroatoms. The van der Waals surface area contributed by atoms with Crippen LogP contribution in [0.5, 0.6) is 0 Å². The summed E-state index contributed by atoms with van der Waals surface area (Å²) in [6.45, 7) is 2.89. The molecule has 0 unspecified atom stereocenters. The van der Waals surface area contributed by atoms with Crippen LogP contribution in [0.4, 0.5) is 0 Å². The fourth-order valence-corrected chi connectivity index (χ4v) is 3.88. The lowest BCUT2D eigenvalue weighted by molar-refractivity contribution is 0.0730. The van der Waals surface area contributed by atoms with Crippen molar-refractivity contribution in [3.63, 3.8) is 0 Å². The molecule has 5 aromatic rings. The third-order valence-corrected chi connectivity index (χ3v) is 5.36. The number of tetrazole rings is 1. The minimum atomic E-state index is -0.0683. The fraction of sp³-hybridized carbons (Fsp3) is 0.125. The Morgan fingerprint density at radius 1 is 0.968 bits per heavy atom. The van der Waals surface area contributed by atoms with Crippen molar-refractivity contribution in [2.45, 2.75) is 20.0 Å². The number of aromatic nitrogens is 5. The summed E-state index contributed by atoms with van der Waals surface area (Å²) < 4.78 is 1.76. The second kappa shape index (κ2) is 7.95. The quantitative estimate of drug-likeness (QED) is 0.442. The number of aryl methyl sites for hydroxylation is 1. The second-order valence-electron chi connectivity index (χ2n) is 7.48. The van der Waals surface area contributed by atoms with Crippen molar-refractivity contribution < 1.29 is 4.79 Å². The number of hydrogen-bond acceptors (Lipinski definition) is 5. The number of carbonyl (C=O) groups excluding carboxylic acids is 1. The summed E-state index contributed by atoms with van der Waals surface area (Å²) in [6.07, 6.45) is 3.26. The van der Waals surface area contributed by atoms with Crippen molar-refractivity contribution in [2.24, 2.45) is 0 Å². The first-order valence-corrected chi connectivity index (χ1v) is 10.0. The molecular formula is C24H20N6O. The monoisotopic (exact) mass is 408 g/mol. The van der Waals surface area contributed by atoms with Gasteiger partial charge in [0, 0.05) is 35.5 Å². The van der Waals surface area contributed by atoms with E-state index < -0.39 is 0 Å². The molecule has 0 N–H and O–H groups in total. The van der Waals surface area contributed by atoms with Gasteiger partial charge in [-0.2, -0.15) is 4.52 Å². The Morgan fingerprint density at radius 2 is 1.77 bits per heavy atom. The number of benzene rings is 2. The van der Waals surface area contributed by atoms with Crippen molar-refractivity contribution >= 4 is 22.5 Å². The van der Waals surface area contributed by atoms with Crippen LogP contribution in [0.15, 0.2) is 79.1 Å². The largest absolute Gasteiger partial charge is 0.330 e. The smallest absolute Gasteiger partial charge is 0.254 e. The van der Waals surface area contributed by atoms with Crippen LogP contribution in [0.1, 0.15) is 27.0 Å². The van der Waals surface area contributed by atoms with Crippen molar-refractivity contribution in [3.05, 3.63) is 101 Å². The van der Waals surface area contributed by atoms with Gasteiger partial charge < -0.3 is 4.90 Å². The molecular weight excluding hydrogens is 388 g/mol. The maximum atomic E-state index is 13.4. The zero-order valence-corrected chi connectivity index (χ0v) is 17.0. The van der Waals surface area contributed by atoms with Gasteiger partial charge >= 0.3 is 0 Å². The highest BCUT2D eigenvalue weighted by Gasteiger charge is 2.20. The molecule has 0 atom stereocenters. The van der Waals surface area contributed by atoms with Crippen molar-refractivity contribution in [1.82, 2.24) is 29.9 Å². The van der Waals surface area contributed by atoms with Crippen LogP contribution >= 0.6 is 0 Å². The van der Waals surface area contributed by atoms with Gasteiger partial charge in [-0.25, -0.2) is 0 Å². The highest BCUT2D eigenvalue weighted by atomic mass is 16.2. The summed E-state index contributed by atoms with van der Waals surface area (Å²) in [5.74, 6) is -0.0683. The molecule has 5 rings (SSSR count). The van der Waals surface area contributed by atoms with Crippen molar-refractivity contribution in [2.75, 3.05) is 0 Å². The van der Waals surface area contributed by atoms with E-state index in [-0.39, 0.29) is 5.91 Å². The fourth-order valence-electron chi connectivity index (χ4n) is 3.88. The van der Waals surface area contributed by atoms with Crippen LogP contribution in [0.3, 0.4) is 0 Å². The molecule has 0 fully saturated rings. The van der Waals surface area contributed by atoms with Crippen LogP contribution in [-0.2, 0) is 13.1 Å². The molecule has 0 aliphatic rings. The van der Waals surface area contributed by atoms with Gasteiger partial charge in [-0.05, 0) is 46.7 Å². The van der Waals surface area contributed by atoms with Crippen LogP contribution in [0.2, 0.25) is 0 Å². The highest BCUT2D eigenvalue weighted by Crippen LogP contribution is 2.24. The maximum Gasteiger partial charge on any atom is 0.254 e. The molecule has 152 valence electrons. The molecule has 2 aromatic carbocycles. The molecule has 3 aromatic heterocycles. The van der Waals surface area contributed by atoms with Crippen LogP contribution in [0, 0.1) is 6.92 Å². The van der Waals surface area contributed by atoms with Crippen LogP contribution in [-0.4, -0.2) is 35.8 Å². The van der Waals surface area contributed by atoms with Gasteiger partial charge in [-0.3, -0.25) is 9.78 Å². The molecule has 0 aliphatic carbocycles. The van der Waals surface area contributed by atoms with Gasteiger partial charge in [0.25, 0.3) is 5.91 Å². The predicted octanol–water partition coefficient (Wildman–Crippen LogP) is 3.82. The van der Waals surface area contributed by atoms with E-state index >= 15 is 0 Å². The molecule has 3 heterocycles. The van der Waals surface area contributed by atoms with Gasteiger partial charge in [0.05, 0.1) is 12.1 Å². The molecule has 0 saturated heterocycles. The van der Waals surface area contributed by atoms with Gasteiger partial charge in [-0.15, -0.1) is 5.10 Å². The highest BCUT2D eigenvalue weighted by molar-refractivity contribution is 5.94. The first-order valence-electron chi connectivity index (χ1n) is 10.0. The van der Waals surface area contributed by atoms with E-state index in [4.69, 9.17) is 0 Å². The Hall–Kier alpha value is -4.13. The molecule has 0 spiro atoms. The standard InChI is InChI=1S/C24H20N6O/c1-17-6-5-9-20-14-21(23-26-27-28-30(23)22(17)20)16-29(15-18-7-3-2-4-8-18)24(31)19-10-12-25-13-11-19/h2-14H,15-16H2,1H3. The first kappa shape index (κ1) is 18.9. The zero-order chi connectivity index (χ0) is 21.2. The summed E-state index contributed by atoms with van der Waals surface area (Å²) in [7, 11) is 0. The summed E-state index contributed by atoms with van der Waals surface area (Å²) in [6, 6.07) is 21.6. The minimum Gasteiger partial charge on any atom is -0.330 e. The van der Waals surface area contributed by atoms with E-state index in [0.717, 1.165) is 27.6 Å². The minimum absolute atomic E-state index is 0.0683. The number of amides is 1. The van der Waals surface area contributed by atoms with E-state index in [2.05, 4.69) is 26.6 Å². The molecule has 7 nitrogen and oxygen atoms in total. The van der Waals surface area contributed by atoms with Crippen LogP contribution < -0.4 is 0 Å². The molecule has 0 aliphatic heterocycles. The van der Waals surface area contributed by atoms with Gasteiger partial charge in [0.15, 0.2) is 5.65 Å². The van der Waals surface area contributed by atoms with Gasteiger partial charge in [0.2, 0.25) is 0 Å². The van der Waals surface area contributed by atoms with Gasteiger partial charge in [-0.1, -0.05) is 48.5 Å². The molecule has 0 bridgehead atoms. The number of fused-ring (bicyclic) bond motifs is 3. The van der Waals surface area contributed by atoms with Crippen LogP contribution in [0.25, 0.3) is 16.6 Å². The van der Waals surface area contributed by atoms with Gasteiger partial charge in [0.1, 0.15) is 0 Å². The molecule has 31 heavy (non-hydrogen) atoms. The van der Waals surface area contributed by atoms with E-state index in [1.807, 2.05) is 60.4 Å². The predicted molar refractivity (Wildman–Crippen MR) is 117 cm³/mol. The van der Waals surface area contributed by atoms with E-state index in [1.165, 1.54) is 0 Å². The third kappa shape index (κ3) is 3.61. The lowest BCUT2D eigenvalue weighted by Crippen LogP contribution is -2.30. The van der Waals surface area contributed by atoms with Crippen molar-refractivity contribution in [1.29, 1.82) is 0 Å². The Bertz CT molecular complexity index is 1360. The SMILES string of the molecule is Cc1cccc2cc(CN(Cc3ccccc3)C(=O)c3ccncc3)c3nnnn3c12. The van der Waals surface area contributed by atoms with E-state index in [9.17, 15) is 4.79 Å². The summed E-state index contributed by atoms with van der Waals surface area (Å²) in [4.78, 5) is 19.2. The number of hydrogen-bond donors (Lipinski definition) is 0. The topological polar surface area (TPSA) is 76.3 Å². The lowest BCUT2D eigenvalue weighted by atomic mass is 10.1. The third-order valence-electron chi connectivity index (χ3n) is 5.36. The first-order chi connectivity index (χ1) is 15.2. The van der Waals surface area contributed by atoms with E-state index in [1.54, 1.807) is 29.0 Å². The Labute approximate surface area is 179 Å². The van der Waals surface area contributed by atoms with E-state index in [0.29, 0.717) is 24.3 Å². The average Bonchev–Trinajstić information content (AvgIpc) is 3.30. The number of carbonyl (C=O) groups is 1. The number of pyridine rings is 2. The molecule has 0 saturated carbocycles. The summed E-state index contributed by atoms with van der Waals surface area (Å²) in [5, 5.41) is 13.4. The second-order valence-corrected chi connectivity index (χ2v) is 7.48. The summed E-state index contributed by atoms with van der Waals surface area (Å²) >= 11 is 0.